The second-order valence-electron chi connectivity index (χ2n) is 5.06. The quantitative estimate of drug-likeness (QED) is 0.830. The van der Waals surface area contributed by atoms with Crippen molar-refractivity contribution in [3.8, 4) is 0 Å². The van der Waals surface area contributed by atoms with Crippen molar-refractivity contribution in [3.05, 3.63) is 35.4 Å². The number of hydrogen-bond acceptors (Lipinski definition) is 2. The van der Waals surface area contributed by atoms with Gasteiger partial charge < -0.3 is 5.32 Å². The third kappa shape index (κ3) is 3.16. The molecule has 19 heavy (non-hydrogen) atoms. The monoisotopic (exact) mass is 267 g/mol. The molecule has 0 atom stereocenters. The second kappa shape index (κ2) is 5.07. The Bertz CT molecular complexity index is 524. The summed E-state index contributed by atoms with van der Waals surface area (Å²) in [4.78, 5) is 22.2. The van der Waals surface area contributed by atoms with E-state index in [1.165, 1.54) is 19.1 Å². The molecule has 1 fully saturated rings. The number of benzene rings is 1. The van der Waals surface area contributed by atoms with Gasteiger partial charge in [0.2, 0.25) is 5.91 Å². The Labute approximate surface area is 110 Å². The average molecular weight is 267 g/mol. The predicted octanol–water partition coefficient (Wildman–Crippen LogP) is 2.09. The fourth-order valence-corrected chi connectivity index (χ4v) is 2.17. The van der Waals surface area contributed by atoms with E-state index in [9.17, 15) is 18.4 Å². The van der Waals surface area contributed by atoms with E-state index in [0.29, 0.717) is 5.56 Å². The SMILES string of the molecule is CC(=O)CC(=O)NCC1(c2ccc(F)cc2F)CC1. The Morgan fingerprint density at radius 1 is 1.32 bits per heavy atom. The van der Waals surface area contributed by atoms with Crippen LogP contribution in [0, 0.1) is 11.6 Å². The number of rotatable bonds is 5. The topological polar surface area (TPSA) is 46.2 Å². The first-order chi connectivity index (χ1) is 8.93. The zero-order valence-electron chi connectivity index (χ0n) is 10.6. The molecular weight excluding hydrogens is 252 g/mol. The molecular formula is C14H15F2NO2. The molecule has 1 aliphatic carbocycles. The maximum Gasteiger partial charge on any atom is 0.227 e. The first-order valence-electron chi connectivity index (χ1n) is 6.15. The van der Waals surface area contributed by atoms with Gasteiger partial charge in [-0.3, -0.25) is 9.59 Å². The number of ketones is 1. The van der Waals surface area contributed by atoms with Crippen LogP contribution in [0.4, 0.5) is 8.78 Å². The molecule has 0 unspecified atom stereocenters. The molecule has 0 saturated heterocycles. The largest absolute Gasteiger partial charge is 0.355 e. The van der Waals surface area contributed by atoms with Crippen LogP contribution in [0.3, 0.4) is 0 Å². The minimum absolute atomic E-state index is 0.165. The van der Waals surface area contributed by atoms with Crippen LogP contribution < -0.4 is 5.32 Å². The molecule has 1 amide bonds. The summed E-state index contributed by atoms with van der Waals surface area (Å²) in [7, 11) is 0. The lowest BCUT2D eigenvalue weighted by Gasteiger charge is -2.17. The fraction of sp³-hybridized carbons (Fsp3) is 0.429. The zero-order chi connectivity index (χ0) is 14.0. The second-order valence-corrected chi connectivity index (χ2v) is 5.06. The highest BCUT2D eigenvalue weighted by Gasteiger charge is 2.46. The maximum absolute atomic E-state index is 13.7. The summed E-state index contributed by atoms with van der Waals surface area (Å²) in [6, 6.07) is 3.50. The van der Waals surface area contributed by atoms with Gasteiger partial charge in [0.15, 0.2) is 0 Å². The molecule has 1 saturated carbocycles. The van der Waals surface area contributed by atoms with E-state index < -0.39 is 17.0 Å². The zero-order valence-corrected chi connectivity index (χ0v) is 10.6. The standard InChI is InChI=1S/C14H15F2NO2/c1-9(18)6-13(19)17-8-14(4-5-14)11-3-2-10(15)7-12(11)16/h2-3,7H,4-6,8H2,1H3,(H,17,19). The van der Waals surface area contributed by atoms with E-state index in [2.05, 4.69) is 5.32 Å². The van der Waals surface area contributed by atoms with Crippen molar-refractivity contribution in [1.29, 1.82) is 0 Å². The van der Waals surface area contributed by atoms with E-state index in [1.54, 1.807) is 0 Å². The lowest BCUT2D eigenvalue weighted by Crippen LogP contribution is -2.33. The number of nitrogens with one attached hydrogen (secondary N) is 1. The van der Waals surface area contributed by atoms with E-state index in [0.717, 1.165) is 18.9 Å². The number of amides is 1. The molecule has 1 aromatic carbocycles. The molecule has 0 aromatic heterocycles. The molecule has 0 aliphatic heterocycles. The lowest BCUT2D eigenvalue weighted by atomic mass is 9.95. The summed E-state index contributed by atoms with van der Waals surface area (Å²) < 4.78 is 26.6. The van der Waals surface area contributed by atoms with Crippen molar-refractivity contribution in [3.63, 3.8) is 0 Å². The van der Waals surface area contributed by atoms with Gasteiger partial charge in [-0.1, -0.05) is 6.07 Å². The van der Waals surface area contributed by atoms with E-state index in [1.807, 2.05) is 0 Å². The Morgan fingerprint density at radius 2 is 2.00 bits per heavy atom. The van der Waals surface area contributed by atoms with Gasteiger partial charge >= 0.3 is 0 Å². The van der Waals surface area contributed by atoms with E-state index >= 15 is 0 Å². The van der Waals surface area contributed by atoms with Gasteiger partial charge in [0.05, 0.1) is 6.42 Å². The molecule has 1 N–H and O–H groups in total. The lowest BCUT2D eigenvalue weighted by molar-refractivity contribution is -0.127. The Balaban J connectivity index is 2.03. The molecule has 0 radical (unpaired) electrons. The summed E-state index contributed by atoms with van der Waals surface area (Å²) in [6.07, 6.45) is 1.33. The van der Waals surface area contributed by atoms with Crippen LogP contribution in [0.2, 0.25) is 0 Å². The first kappa shape index (κ1) is 13.6. The molecule has 0 heterocycles. The normalized spacial score (nSPS) is 15.9. The van der Waals surface area contributed by atoms with Gasteiger partial charge in [0.1, 0.15) is 17.4 Å². The van der Waals surface area contributed by atoms with Crippen LogP contribution in [0.5, 0.6) is 0 Å². The predicted molar refractivity (Wildman–Crippen MR) is 65.6 cm³/mol. The summed E-state index contributed by atoms with van der Waals surface area (Å²) in [5, 5.41) is 2.64. The van der Waals surface area contributed by atoms with Crippen LogP contribution in [0.1, 0.15) is 31.7 Å². The van der Waals surface area contributed by atoms with Gasteiger partial charge in [-0.2, -0.15) is 0 Å². The minimum Gasteiger partial charge on any atom is -0.355 e. The van der Waals surface area contributed by atoms with Crippen molar-refractivity contribution in [1.82, 2.24) is 5.32 Å². The van der Waals surface area contributed by atoms with Crippen molar-refractivity contribution in [2.45, 2.75) is 31.6 Å². The van der Waals surface area contributed by atoms with Crippen LogP contribution in [-0.4, -0.2) is 18.2 Å². The number of carbonyl (C=O) groups excluding carboxylic acids is 2. The Hall–Kier alpha value is -1.78. The Morgan fingerprint density at radius 3 is 2.53 bits per heavy atom. The number of hydrogen-bond donors (Lipinski definition) is 1. The maximum atomic E-state index is 13.7. The van der Waals surface area contributed by atoms with Gasteiger partial charge in [0.25, 0.3) is 0 Å². The molecule has 3 nitrogen and oxygen atoms in total. The Kier molecular flexibility index (Phi) is 3.64. The van der Waals surface area contributed by atoms with Crippen LogP contribution in [-0.2, 0) is 15.0 Å². The summed E-state index contributed by atoms with van der Waals surface area (Å²) in [6.45, 7) is 1.62. The molecule has 0 spiro atoms. The summed E-state index contributed by atoms with van der Waals surface area (Å²) >= 11 is 0. The van der Waals surface area contributed by atoms with Gasteiger partial charge in [-0.05, 0) is 31.4 Å². The smallest absolute Gasteiger partial charge is 0.227 e. The van der Waals surface area contributed by atoms with Crippen LogP contribution >= 0.6 is 0 Å². The molecule has 2 rings (SSSR count). The molecule has 1 aromatic rings. The molecule has 0 bridgehead atoms. The third-order valence-corrected chi connectivity index (χ3v) is 3.39. The van der Waals surface area contributed by atoms with Crippen LogP contribution in [0.15, 0.2) is 18.2 Å². The van der Waals surface area contributed by atoms with Crippen molar-refractivity contribution in [2.75, 3.05) is 6.54 Å². The third-order valence-electron chi connectivity index (χ3n) is 3.39. The van der Waals surface area contributed by atoms with Gasteiger partial charge in [-0.15, -0.1) is 0 Å². The summed E-state index contributed by atoms with van der Waals surface area (Å²) in [5.74, 6) is -1.77. The van der Waals surface area contributed by atoms with E-state index in [4.69, 9.17) is 0 Å². The van der Waals surface area contributed by atoms with Crippen molar-refractivity contribution in [2.24, 2.45) is 0 Å². The molecule has 5 heteroatoms. The fourth-order valence-electron chi connectivity index (χ4n) is 2.17. The minimum atomic E-state index is -0.613. The molecule has 1 aliphatic rings. The van der Waals surface area contributed by atoms with E-state index in [-0.39, 0.29) is 24.7 Å². The van der Waals surface area contributed by atoms with Crippen molar-refractivity contribution < 1.29 is 18.4 Å². The number of carbonyl (C=O) groups is 2. The number of halogens is 2. The highest BCUT2D eigenvalue weighted by Crippen LogP contribution is 2.48. The molecule has 102 valence electrons. The van der Waals surface area contributed by atoms with Crippen LogP contribution in [0.25, 0.3) is 0 Å². The average Bonchev–Trinajstić information content (AvgIpc) is 3.06. The summed E-state index contributed by atoms with van der Waals surface area (Å²) in [5.41, 5.74) is -0.0124. The first-order valence-corrected chi connectivity index (χ1v) is 6.15. The number of Topliss-reactive ketones (excluding diaryl/α,β-unsaturated/α-hetero) is 1. The van der Waals surface area contributed by atoms with Crippen molar-refractivity contribution >= 4 is 11.7 Å². The van der Waals surface area contributed by atoms with Gasteiger partial charge in [0, 0.05) is 18.0 Å². The van der Waals surface area contributed by atoms with Gasteiger partial charge in [-0.25, -0.2) is 8.78 Å². The highest BCUT2D eigenvalue weighted by molar-refractivity contribution is 5.96. The highest BCUT2D eigenvalue weighted by atomic mass is 19.1.